The maximum Gasteiger partial charge on any atom is 0.338 e. The number of carbonyl (C=O) groups excluding carboxylic acids is 1. The van der Waals surface area contributed by atoms with E-state index in [1.165, 1.54) is 11.3 Å². The minimum atomic E-state index is -0.654. The van der Waals surface area contributed by atoms with Crippen molar-refractivity contribution >= 4 is 51.7 Å². The Morgan fingerprint density at radius 2 is 1.89 bits per heavy atom. The molecule has 0 amide bonds. The molecule has 4 rings (SSSR count). The highest BCUT2D eigenvalue weighted by atomic mass is 127. The van der Waals surface area contributed by atoms with Gasteiger partial charge in [0, 0.05) is 19.8 Å². The lowest BCUT2D eigenvalue weighted by atomic mass is 9.95. The Kier molecular flexibility index (Phi) is 8.08. The number of thiazole rings is 1. The monoisotopic (exact) mass is 633 g/mol. The Morgan fingerprint density at radius 3 is 2.49 bits per heavy atom. The number of allylic oxidation sites excluding steroid dienone is 1. The van der Waals surface area contributed by atoms with Crippen LogP contribution in [0.4, 0.5) is 5.69 Å². The molecule has 10 heteroatoms. The van der Waals surface area contributed by atoms with E-state index in [9.17, 15) is 9.59 Å². The normalized spacial score (nSPS) is 15.2. The second kappa shape index (κ2) is 11.1. The Hall–Kier alpha value is -3.12. The summed E-state index contributed by atoms with van der Waals surface area (Å²) in [7, 11) is 7.09. The number of esters is 1. The van der Waals surface area contributed by atoms with Gasteiger partial charge in [-0.2, -0.15) is 0 Å². The molecule has 0 saturated carbocycles. The molecule has 1 aliphatic heterocycles. The maximum atomic E-state index is 13.8. The van der Waals surface area contributed by atoms with Crippen molar-refractivity contribution in [3.05, 3.63) is 82.1 Å². The van der Waals surface area contributed by atoms with Crippen molar-refractivity contribution in [1.29, 1.82) is 0 Å². The van der Waals surface area contributed by atoms with Crippen LogP contribution in [0.1, 0.15) is 31.0 Å². The van der Waals surface area contributed by atoms with E-state index in [2.05, 4.69) is 27.6 Å². The maximum absolute atomic E-state index is 13.8. The quantitative estimate of drug-likeness (QED) is 0.293. The summed E-state index contributed by atoms with van der Waals surface area (Å²) in [5.74, 6) is 0.736. The molecule has 0 saturated heterocycles. The van der Waals surface area contributed by atoms with Gasteiger partial charge in [-0.1, -0.05) is 23.5 Å². The second-order valence-electron chi connectivity index (χ2n) is 8.53. The van der Waals surface area contributed by atoms with Gasteiger partial charge in [0.15, 0.2) is 16.3 Å². The number of halogens is 1. The van der Waals surface area contributed by atoms with Crippen LogP contribution in [0.3, 0.4) is 0 Å². The minimum absolute atomic E-state index is 0.226. The molecule has 0 fully saturated rings. The Labute approximate surface area is 232 Å². The summed E-state index contributed by atoms with van der Waals surface area (Å²) < 4.78 is 19.2. The standard InChI is InChI=1S/C27H28IN3O5S/c1-7-36-26(33)22-15(2)29-27-31(23(22)17-8-10-18(11-9-17)30(3)4)25(32)21(37-27)14-16-12-19(28)24(35-6)20(13-16)34-5/h8-14,23H,7H2,1-6H3/b21-14-/t23-/m1/s1. The Balaban J connectivity index is 1.93. The molecule has 194 valence electrons. The number of benzene rings is 2. The van der Waals surface area contributed by atoms with E-state index in [-0.39, 0.29) is 12.2 Å². The molecule has 8 nitrogen and oxygen atoms in total. The van der Waals surface area contributed by atoms with Gasteiger partial charge in [-0.05, 0) is 77.9 Å². The fourth-order valence-electron chi connectivity index (χ4n) is 4.23. The van der Waals surface area contributed by atoms with E-state index in [0.29, 0.717) is 32.1 Å². The van der Waals surface area contributed by atoms with Crippen molar-refractivity contribution < 1.29 is 19.0 Å². The van der Waals surface area contributed by atoms with Crippen LogP contribution in [0.5, 0.6) is 11.5 Å². The largest absolute Gasteiger partial charge is 0.493 e. The highest BCUT2D eigenvalue weighted by Gasteiger charge is 2.33. The molecule has 0 radical (unpaired) electrons. The number of ether oxygens (including phenoxy) is 3. The van der Waals surface area contributed by atoms with Gasteiger partial charge in [0.2, 0.25) is 0 Å². The molecule has 3 aromatic rings. The first-order chi connectivity index (χ1) is 17.7. The van der Waals surface area contributed by atoms with E-state index in [0.717, 1.165) is 20.4 Å². The van der Waals surface area contributed by atoms with Crippen LogP contribution >= 0.6 is 33.9 Å². The molecule has 0 spiro atoms. The summed E-state index contributed by atoms with van der Waals surface area (Å²) >= 11 is 3.46. The molecule has 0 aliphatic carbocycles. The van der Waals surface area contributed by atoms with Crippen LogP contribution in [0.15, 0.2) is 57.5 Å². The zero-order chi connectivity index (χ0) is 26.9. The SMILES string of the molecule is CCOC(=O)C1=C(C)N=c2s/c(=C\c3cc(I)c(OC)c(OC)c3)c(=O)n2[C@@H]1c1ccc(N(C)C)cc1. The summed E-state index contributed by atoms with van der Waals surface area (Å²) in [4.78, 5) is 34.0. The number of rotatable bonds is 7. The molecular weight excluding hydrogens is 605 g/mol. The number of fused-ring (bicyclic) bond motifs is 1. The van der Waals surface area contributed by atoms with Gasteiger partial charge < -0.3 is 19.1 Å². The van der Waals surface area contributed by atoms with Crippen molar-refractivity contribution in [2.75, 3.05) is 39.8 Å². The third kappa shape index (κ3) is 5.17. The van der Waals surface area contributed by atoms with Crippen LogP contribution in [0.2, 0.25) is 0 Å². The first kappa shape index (κ1) is 26.9. The van der Waals surface area contributed by atoms with E-state index >= 15 is 0 Å². The lowest BCUT2D eigenvalue weighted by Crippen LogP contribution is -2.39. The fraction of sp³-hybridized carbons (Fsp3) is 0.296. The number of methoxy groups -OCH3 is 2. The number of hydrogen-bond donors (Lipinski definition) is 0. The first-order valence-corrected chi connectivity index (χ1v) is 13.5. The van der Waals surface area contributed by atoms with Crippen molar-refractivity contribution in [2.45, 2.75) is 19.9 Å². The Bertz CT molecular complexity index is 1550. The third-order valence-corrected chi connectivity index (χ3v) is 7.78. The van der Waals surface area contributed by atoms with Crippen molar-refractivity contribution in [1.82, 2.24) is 4.57 Å². The molecule has 1 aromatic heterocycles. The van der Waals surface area contributed by atoms with Crippen LogP contribution in [-0.2, 0) is 9.53 Å². The molecule has 1 atom stereocenters. The van der Waals surface area contributed by atoms with Gasteiger partial charge in [-0.15, -0.1) is 0 Å². The summed E-state index contributed by atoms with van der Waals surface area (Å²) in [5.41, 5.74) is 3.27. The summed E-state index contributed by atoms with van der Waals surface area (Å²) in [5, 5.41) is 0. The highest BCUT2D eigenvalue weighted by molar-refractivity contribution is 14.1. The van der Waals surface area contributed by atoms with Gasteiger partial charge in [-0.3, -0.25) is 9.36 Å². The van der Waals surface area contributed by atoms with E-state index in [4.69, 9.17) is 14.2 Å². The fourth-order valence-corrected chi connectivity index (χ4v) is 6.13. The molecule has 0 N–H and O–H groups in total. The number of nitrogens with zero attached hydrogens (tertiary/aromatic N) is 3. The van der Waals surface area contributed by atoms with Crippen LogP contribution in [-0.4, -0.2) is 45.5 Å². The zero-order valence-electron chi connectivity index (χ0n) is 21.5. The summed E-state index contributed by atoms with van der Waals surface area (Å²) in [6.45, 7) is 3.76. The van der Waals surface area contributed by atoms with E-state index in [1.54, 1.807) is 32.6 Å². The molecule has 2 heterocycles. The van der Waals surface area contributed by atoms with Gasteiger partial charge in [-0.25, -0.2) is 9.79 Å². The second-order valence-corrected chi connectivity index (χ2v) is 10.7. The number of aromatic nitrogens is 1. The van der Waals surface area contributed by atoms with E-state index in [1.807, 2.05) is 61.5 Å². The molecule has 0 unspecified atom stereocenters. The number of carbonyl (C=O) groups is 1. The highest BCUT2D eigenvalue weighted by Crippen LogP contribution is 2.34. The summed E-state index contributed by atoms with van der Waals surface area (Å²) in [6.07, 6.45) is 1.81. The van der Waals surface area contributed by atoms with E-state index < -0.39 is 12.0 Å². The Morgan fingerprint density at radius 1 is 1.19 bits per heavy atom. The molecule has 1 aliphatic rings. The predicted octanol–water partition coefficient (Wildman–Crippen LogP) is 3.49. The third-order valence-electron chi connectivity index (χ3n) is 6.00. The lowest BCUT2D eigenvalue weighted by Gasteiger charge is -2.25. The van der Waals surface area contributed by atoms with Crippen molar-refractivity contribution in [3.63, 3.8) is 0 Å². The predicted molar refractivity (Wildman–Crippen MR) is 153 cm³/mol. The van der Waals surface area contributed by atoms with Gasteiger partial charge in [0.1, 0.15) is 0 Å². The number of hydrogen-bond acceptors (Lipinski definition) is 8. The van der Waals surface area contributed by atoms with Crippen molar-refractivity contribution in [3.8, 4) is 11.5 Å². The average Bonchev–Trinajstić information content (AvgIpc) is 3.17. The number of anilines is 1. The van der Waals surface area contributed by atoms with Gasteiger partial charge in [0.25, 0.3) is 5.56 Å². The van der Waals surface area contributed by atoms with Crippen LogP contribution in [0.25, 0.3) is 6.08 Å². The van der Waals surface area contributed by atoms with Crippen LogP contribution in [0, 0.1) is 3.57 Å². The van der Waals surface area contributed by atoms with Gasteiger partial charge >= 0.3 is 5.97 Å². The van der Waals surface area contributed by atoms with Gasteiger partial charge in [0.05, 0.1) is 46.2 Å². The lowest BCUT2D eigenvalue weighted by molar-refractivity contribution is -0.139. The van der Waals surface area contributed by atoms with Crippen LogP contribution < -0.4 is 29.3 Å². The summed E-state index contributed by atoms with van der Waals surface area (Å²) in [6, 6.07) is 10.9. The average molecular weight is 634 g/mol. The van der Waals surface area contributed by atoms with Crippen molar-refractivity contribution in [2.24, 2.45) is 4.99 Å². The molecular formula is C27H28IN3O5S. The smallest absolute Gasteiger partial charge is 0.338 e. The molecule has 0 bridgehead atoms. The topological polar surface area (TPSA) is 82.4 Å². The minimum Gasteiger partial charge on any atom is -0.493 e. The first-order valence-electron chi connectivity index (χ1n) is 11.6. The molecule has 2 aromatic carbocycles. The zero-order valence-corrected chi connectivity index (χ0v) is 24.5. The molecule has 37 heavy (non-hydrogen) atoms.